The van der Waals surface area contributed by atoms with Gasteiger partial charge >= 0.3 is 0 Å². The molecule has 0 saturated heterocycles. The number of nitrogens with zero attached hydrogens (tertiary/aromatic N) is 2. The van der Waals surface area contributed by atoms with Crippen LogP contribution in [0.25, 0.3) is 11.3 Å². The van der Waals surface area contributed by atoms with Gasteiger partial charge in [-0.25, -0.2) is 0 Å². The van der Waals surface area contributed by atoms with Crippen molar-refractivity contribution in [3.8, 4) is 17.0 Å². The van der Waals surface area contributed by atoms with Gasteiger partial charge in [-0.1, -0.05) is 0 Å². The molecule has 0 amide bonds. The van der Waals surface area contributed by atoms with Crippen LogP contribution in [0.15, 0.2) is 42.9 Å². The maximum atomic E-state index is 9.03. The van der Waals surface area contributed by atoms with Gasteiger partial charge in [-0.05, 0) is 24.3 Å². The van der Waals surface area contributed by atoms with Crippen molar-refractivity contribution in [3.05, 3.63) is 42.9 Å². The van der Waals surface area contributed by atoms with Crippen molar-refractivity contribution in [1.29, 1.82) is 0 Å². The minimum Gasteiger partial charge on any atom is -0.506 e. The number of pyridine rings is 2. The van der Waals surface area contributed by atoms with Gasteiger partial charge in [0.2, 0.25) is 0 Å². The van der Waals surface area contributed by atoms with Crippen LogP contribution in [0.1, 0.15) is 0 Å². The first-order valence-electron chi connectivity index (χ1n) is 3.92. The Morgan fingerprint density at radius 3 is 2.62 bits per heavy atom. The second-order valence-electron chi connectivity index (χ2n) is 2.64. The zero-order valence-corrected chi connectivity index (χ0v) is 6.88. The van der Waals surface area contributed by atoms with E-state index in [0.717, 1.165) is 11.3 Å². The topological polar surface area (TPSA) is 46.0 Å². The Bertz CT molecular complexity index is 383. The van der Waals surface area contributed by atoms with E-state index < -0.39 is 0 Å². The molecule has 0 atom stereocenters. The number of aromatic hydroxyl groups is 1. The highest BCUT2D eigenvalue weighted by Crippen LogP contribution is 2.16. The van der Waals surface area contributed by atoms with Gasteiger partial charge in [-0.2, -0.15) is 0 Å². The SMILES string of the molecule is Oc1ccc(-c2cccnc2)nc1. The Labute approximate surface area is 75.7 Å². The van der Waals surface area contributed by atoms with Gasteiger partial charge in [0.25, 0.3) is 0 Å². The van der Waals surface area contributed by atoms with Gasteiger partial charge in [0, 0.05) is 18.0 Å². The molecule has 2 heterocycles. The summed E-state index contributed by atoms with van der Waals surface area (Å²) in [6, 6.07) is 7.14. The minimum absolute atomic E-state index is 0.174. The van der Waals surface area contributed by atoms with Gasteiger partial charge in [0.1, 0.15) is 5.75 Å². The van der Waals surface area contributed by atoms with Crippen LogP contribution < -0.4 is 0 Å². The Morgan fingerprint density at radius 1 is 1.08 bits per heavy atom. The molecule has 1 N–H and O–H groups in total. The zero-order valence-electron chi connectivity index (χ0n) is 6.88. The number of hydrogen-bond acceptors (Lipinski definition) is 3. The van der Waals surface area contributed by atoms with Crippen molar-refractivity contribution in [2.75, 3.05) is 0 Å². The molecular weight excluding hydrogens is 164 g/mol. The second kappa shape index (κ2) is 3.23. The molecule has 64 valence electrons. The van der Waals surface area contributed by atoms with Crippen molar-refractivity contribution in [2.45, 2.75) is 0 Å². The summed E-state index contributed by atoms with van der Waals surface area (Å²) in [5.74, 6) is 0.174. The van der Waals surface area contributed by atoms with E-state index in [0.29, 0.717) is 0 Å². The highest BCUT2D eigenvalue weighted by atomic mass is 16.3. The molecule has 2 aromatic heterocycles. The van der Waals surface area contributed by atoms with Crippen molar-refractivity contribution in [3.63, 3.8) is 0 Å². The van der Waals surface area contributed by atoms with Crippen molar-refractivity contribution in [1.82, 2.24) is 9.97 Å². The fraction of sp³-hybridized carbons (Fsp3) is 0. The second-order valence-corrected chi connectivity index (χ2v) is 2.64. The first-order valence-corrected chi connectivity index (χ1v) is 3.92. The number of aromatic nitrogens is 2. The minimum atomic E-state index is 0.174. The van der Waals surface area contributed by atoms with E-state index >= 15 is 0 Å². The highest BCUT2D eigenvalue weighted by molar-refractivity contribution is 5.57. The fourth-order valence-electron chi connectivity index (χ4n) is 1.07. The third-order valence-electron chi connectivity index (χ3n) is 1.71. The molecule has 0 aromatic carbocycles. The zero-order chi connectivity index (χ0) is 9.10. The van der Waals surface area contributed by atoms with Crippen molar-refractivity contribution in [2.24, 2.45) is 0 Å². The number of rotatable bonds is 1. The van der Waals surface area contributed by atoms with Gasteiger partial charge in [-0.3, -0.25) is 9.97 Å². The predicted octanol–water partition coefficient (Wildman–Crippen LogP) is 1.85. The Hall–Kier alpha value is -1.90. The third kappa shape index (κ3) is 1.64. The van der Waals surface area contributed by atoms with Crippen LogP contribution in [0.4, 0.5) is 0 Å². The molecule has 2 aromatic rings. The lowest BCUT2D eigenvalue weighted by Crippen LogP contribution is -1.82. The standard InChI is InChI=1S/C10H8N2O/c13-9-3-4-10(12-7-9)8-2-1-5-11-6-8/h1-7,13H. The molecule has 2 rings (SSSR count). The summed E-state index contributed by atoms with van der Waals surface area (Å²) < 4.78 is 0. The van der Waals surface area contributed by atoms with Crippen LogP contribution >= 0.6 is 0 Å². The molecule has 0 aliphatic heterocycles. The summed E-state index contributed by atoms with van der Waals surface area (Å²) >= 11 is 0. The Balaban J connectivity index is 2.42. The predicted molar refractivity (Wildman–Crippen MR) is 49.1 cm³/mol. The largest absolute Gasteiger partial charge is 0.506 e. The number of hydrogen-bond donors (Lipinski definition) is 1. The summed E-state index contributed by atoms with van der Waals surface area (Å²) in [7, 11) is 0. The molecule has 0 radical (unpaired) electrons. The monoisotopic (exact) mass is 172 g/mol. The van der Waals surface area contributed by atoms with E-state index in [4.69, 9.17) is 5.11 Å². The molecule has 0 spiro atoms. The summed E-state index contributed by atoms with van der Waals surface area (Å²) in [6.45, 7) is 0. The van der Waals surface area contributed by atoms with E-state index in [1.54, 1.807) is 24.5 Å². The molecule has 3 heteroatoms. The molecule has 13 heavy (non-hydrogen) atoms. The maximum Gasteiger partial charge on any atom is 0.133 e. The Morgan fingerprint density at radius 2 is 2.00 bits per heavy atom. The first kappa shape index (κ1) is 7.73. The van der Waals surface area contributed by atoms with Crippen LogP contribution in [0, 0.1) is 0 Å². The van der Waals surface area contributed by atoms with Gasteiger partial charge in [0.15, 0.2) is 0 Å². The molecule has 0 saturated carbocycles. The van der Waals surface area contributed by atoms with E-state index in [2.05, 4.69) is 9.97 Å². The van der Waals surface area contributed by atoms with Crippen LogP contribution in [0.2, 0.25) is 0 Å². The van der Waals surface area contributed by atoms with Gasteiger partial charge in [0.05, 0.1) is 11.9 Å². The Kier molecular flexibility index (Phi) is 1.92. The smallest absolute Gasteiger partial charge is 0.133 e. The van der Waals surface area contributed by atoms with E-state index in [9.17, 15) is 0 Å². The van der Waals surface area contributed by atoms with Crippen molar-refractivity contribution < 1.29 is 5.11 Å². The third-order valence-corrected chi connectivity index (χ3v) is 1.71. The lowest BCUT2D eigenvalue weighted by Gasteiger charge is -1.98. The lowest BCUT2D eigenvalue weighted by atomic mass is 10.2. The summed E-state index contributed by atoms with van der Waals surface area (Å²) in [6.07, 6.45) is 4.87. The van der Waals surface area contributed by atoms with Gasteiger partial charge < -0.3 is 5.11 Å². The normalized spacial score (nSPS) is 9.85. The fourth-order valence-corrected chi connectivity index (χ4v) is 1.07. The summed E-state index contributed by atoms with van der Waals surface area (Å²) in [5.41, 5.74) is 1.76. The van der Waals surface area contributed by atoms with E-state index in [1.165, 1.54) is 6.20 Å². The summed E-state index contributed by atoms with van der Waals surface area (Å²) in [5, 5.41) is 9.03. The molecule has 0 fully saturated rings. The summed E-state index contributed by atoms with van der Waals surface area (Å²) in [4.78, 5) is 8.04. The van der Waals surface area contributed by atoms with Crippen LogP contribution in [0.3, 0.4) is 0 Å². The lowest BCUT2D eigenvalue weighted by molar-refractivity contribution is 0.473. The van der Waals surface area contributed by atoms with Crippen LogP contribution in [-0.4, -0.2) is 15.1 Å². The molecule has 0 unspecified atom stereocenters. The van der Waals surface area contributed by atoms with Gasteiger partial charge in [-0.15, -0.1) is 0 Å². The molecule has 0 aliphatic carbocycles. The quantitative estimate of drug-likeness (QED) is 0.714. The first-order chi connectivity index (χ1) is 6.36. The average Bonchev–Trinajstić information content (AvgIpc) is 2.20. The molecular formula is C10H8N2O. The van der Waals surface area contributed by atoms with Crippen molar-refractivity contribution >= 4 is 0 Å². The van der Waals surface area contributed by atoms with Crippen LogP contribution in [-0.2, 0) is 0 Å². The maximum absolute atomic E-state index is 9.03. The molecule has 0 aliphatic rings. The molecule has 3 nitrogen and oxygen atoms in total. The molecule has 0 bridgehead atoms. The highest BCUT2D eigenvalue weighted by Gasteiger charge is 1.97. The average molecular weight is 172 g/mol. The van der Waals surface area contributed by atoms with E-state index in [1.807, 2.05) is 12.1 Å². The van der Waals surface area contributed by atoms with E-state index in [-0.39, 0.29) is 5.75 Å². The van der Waals surface area contributed by atoms with Crippen LogP contribution in [0.5, 0.6) is 5.75 Å².